The highest BCUT2D eigenvalue weighted by atomic mass is 16.5. The van der Waals surface area contributed by atoms with E-state index in [-0.39, 0.29) is 5.41 Å². The van der Waals surface area contributed by atoms with Gasteiger partial charge in [-0.05, 0) is 73.9 Å². The van der Waals surface area contributed by atoms with Crippen molar-refractivity contribution in [2.75, 3.05) is 0 Å². The minimum absolute atomic E-state index is 0.160. The number of hydrogen-bond acceptors (Lipinski definition) is 3. The molecule has 4 heterocycles. The van der Waals surface area contributed by atoms with Gasteiger partial charge in [0.1, 0.15) is 17.3 Å². The van der Waals surface area contributed by atoms with E-state index in [1.165, 1.54) is 44.1 Å². The highest BCUT2D eigenvalue weighted by molar-refractivity contribution is 6.12. The number of aryl methyl sites for hydroxylation is 3. The van der Waals surface area contributed by atoms with Crippen LogP contribution in [0.15, 0.2) is 152 Å². The maximum Gasteiger partial charge on any atom is 0.139 e. The number of pyridine rings is 1. The van der Waals surface area contributed by atoms with Crippen LogP contribution in [-0.4, -0.2) is 23.9 Å². The molecule has 10 aromatic rings. The first-order valence-corrected chi connectivity index (χ1v) is 19.6. The molecule has 6 aromatic carbocycles. The maximum absolute atomic E-state index is 6.71. The molecule has 0 aliphatic rings. The van der Waals surface area contributed by atoms with Crippen molar-refractivity contribution in [3.8, 4) is 39.8 Å². The molecule has 0 unspecified atom stereocenters. The van der Waals surface area contributed by atoms with Gasteiger partial charge in [0.15, 0.2) is 0 Å². The molecule has 6 nitrogen and oxygen atoms in total. The quantitative estimate of drug-likeness (QED) is 0.170. The summed E-state index contributed by atoms with van der Waals surface area (Å²) in [5, 5.41) is 9.91. The number of hydrogen-bond donors (Lipinski definition) is 0. The number of para-hydroxylation sites is 3. The molecule has 0 aliphatic carbocycles. The number of fused-ring (bicyclic) bond motifs is 6. The normalized spacial score (nSPS) is 12.0. The third-order valence-electron chi connectivity index (χ3n) is 11.2. The van der Waals surface area contributed by atoms with Gasteiger partial charge in [-0.25, -0.2) is 9.67 Å². The number of nitrogens with zero attached hydrogens (tertiary/aromatic N) is 5. The second kappa shape index (κ2) is 13.1. The van der Waals surface area contributed by atoms with Gasteiger partial charge in [0.05, 0.1) is 44.8 Å². The van der Waals surface area contributed by atoms with E-state index in [0.29, 0.717) is 0 Å². The number of rotatable bonds is 6. The summed E-state index contributed by atoms with van der Waals surface area (Å²) >= 11 is 0. The molecule has 0 amide bonds. The van der Waals surface area contributed by atoms with Gasteiger partial charge in [-0.15, -0.1) is 0 Å². The molecule has 0 fully saturated rings. The minimum atomic E-state index is -0.160. The molecule has 0 bridgehead atoms. The van der Waals surface area contributed by atoms with Gasteiger partial charge < -0.3 is 9.30 Å². The smallest absolute Gasteiger partial charge is 0.139 e. The fourth-order valence-corrected chi connectivity index (χ4v) is 8.82. The van der Waals surface area contributed by atoms with E-state index in [9.17, 15) is 0 Å². The average molecular weight is 742 g/mol. The SMILES string of the molecule is Cc1nn(-c2cccc(Oc3ccc4c5ccccc5n(-c5cc(-n6c7c(C)cccc7c7cccc(C)c76)ccn5)c4c3)c2)c(C(C)(C)C)c1-c1ccccc1. The van der Waals surface area contributed by atoms with Crippen molar-refractivity contribution in [1.82, 2.24) is 23.9 Å². The molecule has 0 saturated heterocycles. The molecule has 4 aromatic heterocycles. The molecule has 278 valence electrons. The zero-order chi connectivity index (χ0) is 39.0. The summed E-state index contributed by atoms with van der Waals surface area (Å²) in [6, 6.07) is 51.2. The van der Waals surface area contributed by atoms with Crippen LogP contribution in [-0.2, 0) is 5.41 Å². The highest BCUT2D eigenvalue weighted by Crippen LogP contribution is 2.40. The first-order chi connectivity index (χ1) is 27.7. The van der Waals surface area contributed by atoms with Crippen molar-refractivity contribution >= 4 is 43.6 Å². The van der Waals surface area contributed by atoms with Gasteiger partial charge in [-0.1, -0.05) is 112 Å². The van der Waals surface area contributed by atoms with Crippen molar-refractivity contribution in [3.63, 3.8) is 0 Å². The first kappa shape index (κ1) is 34.6. The van der Waals surface area contributed by atoms with Crippen LogP contribution in [0, 0.1) is 20.8 Å². The van der Waals surface area contributed by atoms with E-state index in [0.717, 1.165) is 61.9 Å². The summed E-state index contributed by atoms with van der Waals surface area (Å²) < 4.78 is 13.5. The molecular weight excluding hydrogens is 699 g/mol. The number of benzene rings is 6. The lowest BCUT2D eigenvalue weighted by molar-refractivity contribution is 0.482. The van der Waals surface area contributed by atoms with Crippen LogP contribution in [0.2, 0.25) is 0 Å². The fraction of sp³-hybridized carbons (Fsp3) is 0.137. The van der Waals surface area contributed by atoms with E-state index in [4.69, 9.17) is 14.8 Å². The van der Waals surface area contributed by atoms with Gasteiger partial charge in [-0.3, -0.25) is 4.57 Å². The van der Waals surface area contributed by atoms with Gasteiger partial charge in [-0.2, -0.15) is 5.10 Å². The summed E-state index contributed by atoms with van der Waals surface area (Å²) in [6.45, 7) is 13.2. The van der Waals surface area contributed by atoms with E-state index in [1.807, 2.05) is 18.3 Å². The molecule has 0 radical (unpaired) electrons. The van der Waals surface area contributed by atoms with Crippen molar-refractivity contribution in [2.45, 2.75) is 47.0 Å². The van der Waals surface area contributed by atoms with Crippen molar-refractivity contribution < 1.29 is 4.74 Å². The van der Waals surface area contributed by atoms with Crippen LogP contribution in [0.1, 0.15) is 43.3 Å². The van der Waals surface area contributed by atoms with Crippen molar-refractivity contribution in [1.29, 1.82) is 0 Å². The zero-order valence-corrected chi connectivity index (χ0v) is 33.1. The van der Waals surface area contributed by atoms with Gasteiger partial charge in [0.2, 0.25) is 0 Å². The van der Waals surface area contributed by atoms with E-state index >= 15 is 0 Å². The Bertz CT molecular complexity index is 3120. The fourth-order valence-electron chi connectivity index (χ4n) is 8.82. The third-order valence-corrected chi connectivity index (χ3v) is 11.2. The van der Waals surface area contributed by atoms with Gasteiger partial charge in [0, 0.05) is 56.9 Å². The van der Waals surface area contributed by atoms with E-state index in [2.05, 4.69) is 189 Å². The molecule has 6 heteroatoms. The Labute approximate surface area is 332 Å². The molecule has 57 heavy (non-hydrogen) atoms. The monoisotopic (exact) mass is 741 g/mol. The minimum Gasteiger partial charge on any atom is -0.457 e. The largest absolute Gasteiger partial charge is 0.457 e. The summed E-state index contributed by atoms with van der Waals surface area (Å²) in [7, 11) is 0. The Morgan fingerprint density at radius 2 is 1.18 bits per heavy atom. The summed E-state index contributed by atoms with van der Waals surface area (Å²) in [5.41, 5.74) is 13.4. The molecule has 0 spiro atoms. The van der Waals surface area contributed by atoms with Crippen LogP contribution in [0.4, 0.5) is 0 Å². The first-order valence-electron chi connectivity index (χ1n) is 19.6. The summed E-state index contributed by atoms with van der Waals surface area (Å²) in [5.74, 6) is 2.32. The molecule has 0 aliphatic heterocycles. The summed E-state index contributed by atoms with van der Waals surface area (Å²) in [4.78, 5) is 5.01. The lowest BCUT2D eigenvalue weighted by Gasteiger charge is -2.23. The van der Waals surface area contributed by atoms with Crippen LogP contribution in [0.5, 0.6) is 11.5 Å². The second-order valence-electron chi connectivity index (χ2n) is 16.1. The Morgan fingerprint density at radius 1 is 0.526 bits per heavy atom. The van der Waals surface area contributed by atoms with Crippen molar-refractivity contribution in [3.05, 3.63) is 174 Å². The predicted octanol–water partition coefficient (Wildman–Crippen LogP) is 13.1. The van der Waals surface area contributed by atoms with Crippen LogP contribution < -0.4 is 4.74 Å². The number of ether oxygens (including phenoxy) is 1. The number of aromatic nitrogens is 5. The van der Waals surface area contributed by atoms with E-state index < -0.39 is 0 Å². The lowest BCUT2D eigenvalue weighted by Crippen LogP contribution is -2.18. The molecule has 10 rings (SSSR count). The van der Waals surface area contributed by atoms with Crippen molar-refractivity contribution in [2.24, 2.45) is 0 Å². The van der Waals surface area contributed by atoms with Crippen LogP contribution in [0.25, 0.3) is 71.9 Å². The van der Waals surface area contributed by atoms with Crippen LogP contribution in [0.3, 0.4) is 0 Å². The summed E-state index contributed by atoms with van der Waals surface area (Å²) in [6.07, 6.45) is 1.93. The third kappa shape index (κ3) is 5.62. The van der Waals surface area contributed by atoms with E-state index in [1.54, 1.807) is 0 Å². The molecule has 0 N–H and O–H groups in total. The highest BCUT2D eigenvalue weighted by Gasteiger charge is 2.28. The molecule has 0 saturated carbocycles. The standard InChI is InChI=1S/C51H43N5O/c1-32-15-12-22-42-43-23-13-16-33(2)49(43)54(48(32)42)36-27-28-52-46(30-36)55-44-24-11-10-21-40(44)41-26-25-39(31-45(41)55)57-38-20-14-19-37(29-38)56-50(51(4,5)6)47(34(3)53-56)35-17-8-7-9-18-35/h7-31H,1-6H3. The lowest BCUT2D eigenvalue weighted by atomic mass is 9.86. The topological polar surface area (TPSA) is 49.8 Å². The van der Waals surface area contributed by atoms with Gasteiger partial charge in [0.25, 0.3) is 0 Å². The Morgan fingerprint density at radius 3 is 1.91 bits per heavy atom. The Hall–Kier alpha value is -6.92. The average Bonchev–Trinajstić information content (AvgIpc) is 3.87. The maximum atomic E-state index is 6.71. The molecular formula is C51H43N5O. The second-order valence-corrected chi connectivity index (χ2v) is 16.1. The molecule has 0 atom stereocenters. The Kier molecular flexibility index (Phi) is 7.94. The van der Waals surface area contributed by atoms with Gasteiger partial charge >= 0.3 is 0 Å². The van der Waals surface area contributed by atoms with Crippen LogP contribution >= 0.6 is 0 Å². The predicted molar refractivity (Wildman–Crippen MR) is 235 cm³/mol. The zero-order valence-electron chi connectivity index (χ0n) is 33.1. The Balaban J connectivity index is 1.09.